The number of azo groups is 1. The number of anilines is 1. The quantitative estimate of drug-likeness (QED) is 0.548. The summed E-state index contributed by atoms with van der Waals surface area (Å²) in [4.78, 5) is 10.8. The molecule has 0 radical (unpaired) electrons. The van der Waals surface area contributed by atoms with E-state index in [0.717, 1.165) is 10.8 Å². The Hall–Kier alpha value is -3.21. The molecule has 0 amide bonds. The highest BCUT2D eigenvalue weighted by molar-refractivity contribution is 5.99. The van der Waals surface area contributed by atoms with Crippen molar-refractivity contribution in [2.24, 2.45) is 10.2 Å². The summed E-state index contributed by atoms with van der Waals surface area (Å²) in [6.07, 6.45) is 0. The van der Waals surface area contributed by atoms with E-state index >= 15 is 0 Å². The largest absolute Gasteiger partial charge is 0.478 e. The number of nitrogens with two attached hydrogens (primary N) is 1. The average molecular weight is 291 g/mol. The molecule has 3 N–H and O–H groups in total. The maximum Gasteiger partial charge on any atom is 0.335 e. The van der Waals surface area contributed by atoms with Gasteiger partial charge in [0.1, 0.15) is 0 Å². The van der Waals surface area contributed by atoms with E-state index in [9.17, 15) is 4.79 Å². The molecule has 3 aromatic rings. The Morgan fingerprint density at radius 1 is 0.864 bits per heavy atom. The van der Waals surface area contributed by atoms with Crippen LogP contribution in [0, 0.1) is 0 Å². The van der Waals surface area contributed by atoms with Crippen LogP contribution < -0.4 is 5.73 Å². The van der Waals surface area contributed by atoms with Crippen LogP contribution in [0.5, 0.6) is 0 Å². The van der Waals surface area contributed by atoms with Gasteiger partial charge in [-0.25, -0.2) is 4.79 Å². The number of nitrogen functional groups attached to an aromatic ring is 1. The van der Waals surface area contributed by atoms with Gasteiger partial charge in [-0.2, -0.15) is 5.11 Å². The van der Waals surface area contributed by atoms with Gasteiger partial charge in [0, 0.05) is 16.5 Å². The molecule has 0 aliphatic rings. The van der Waals surface area contributed by atoms with Gasteiger partial charge in [-0.05, 0) is 36.4 Å². The lowest BCUT2D eigenvalue weighted by molar-refractivity contribution is 0.0697. The van der Waals surface area contributed by atoms with Crippen LogP contribution in [0.3, 0.4) is 0 Å². The number of fused-ring (bicyclic) bond motifs is 1. The minimum absolute atomic E-state index is 0.219. The van der Waals surface area contributed by atoms with Crippen LogP contribution in [-0.4, -0.2) is 11.1 Å². The van der Waals surface area contributed by atoms with Crippen LogP contribution in [0.25, 0.3) is 10.8 Å². The van der Waals surface area contributed by atoms with E-state index < -0.39 is 5.97 Å². The number of carboxylic acid groups (broad SMARTS) is 1. The van der Waals surface area contributed by atoms with Gasteiger partial charge in [0.15, 0.2) is 0 Å². The highest BCUT2D eigenvalue weighted by Gasteiger charge is 2.03. The molecule has 5 nitrogen and oxygen atoms in total. The molecular formula is C17H13N3O2. The number of hydrogen-bond donors (Lipinski definition) is 2. The second kappa shape index (κ2) is 5.65. The number of nitrogens with zero attached hydrogens (tertiary/aromatic N) is 2. The summed E-state index contributed by atoms with van der Waals surface area (Å²) in [6, 6.07) is 17.6. The smallest absolute Gasteiger partial charge is 0.335 e. The fraction of sp³-hybridized carbons (Fsp3) is 0. The number of aromatic carboxylic acids is 1. The predicted octanol–water partition coefficient (Wildman–Crippen LogP) is 4.54. The Labute approximate surface area is 126 Å². The van der Waals surface area contributed by atoms with Crippen molar-refractivity contribution in [1.29, 1.82) is 0 Å². The molecular weight excluding hydrogens is 278 g/mol. The van der Waals surface area contributed by atoms with E-state index in [2.05, 4.69) is 10.2 Å². The monoisotopic (exact) mass is 291 g/mol. The van der Waals surface area contributed by atoms with Gasteiger partial charge in [0.2, 0.25) is 0 Å². The molecule has 22 heavy (non-hydrogen) atoms. The van der Waals surface area contributed by atoms with Gasteiger partial charge in [0.05, 0.1) is 16.9 Å². The third-order valence-corrected chi connectivity index (χ3v) is 3.32. The second-order valence-electron chi connectivity index (χ2n) is 4.77. The maximum absolute atomic E-state index is 10.8. The van der Waals surface area contributed by atoms with Gasteiger partial charge < -0.3 is 10.8 Å². The fourth-order valence-corrected chi connectivity index (χ4v) is 2.18. The summed E-state index contributed by atoms with van der Waals surface area (Å²) in [5.74, 6) is -0.965. The Morgan fingerprint density at radius 2 is 1.55 bits per heavy atom. The lowest BCUT2D eigenvalue weighted by atomic mass is 10.1. The minimum Gasteiger partial charge on any atom is -0.478 e. The topological polar surface area (TPSA) is 88.0 Å². The van der Waals surface area contributed by atoms with E-state index in [0.29, 0.717) is 17.1 Å². The summed E-state index contributed by atoms with van der Waals surface area (Å²) in [5, 5.41) is 19.1. The summed E-state index contributed by atoms with van der Waals surface area (Å²) < 4.78 is 0. The van der Waals surface area contributed by atoms with E-state index in [1.54, 1.807) is 18.2 Å². The van der Waals surface area contributed by atoms with Crippen LogP contribution in [0.15, 0.2) is 70.9 Å². The van der Waals surface area contributed by atoms with Crippen molar-refractivity contribution in [2.75, 3.05) is 5.73 Å². The van der Waals surface area contributed by atoms with Gasteiger partial charge >= 0.3 is 5.97 Å². The van der Waals surface area contributed by atoms with Gasteiger partial charge in [-0.1, -0.05) is 24.3 Å². The molecule has 0 unspecified atom stereocenters. The van der Waals surface area contributed by atoms with E-state index in [4.69, 9.17) is 10.8 Å². The van der Waals surface area contributed by atoms with Crippen molar-refractivity contribution in [3.8, 4) is 0 Å². The van der Waals surface area contributed by atoms with Crippen LogP contribution in [0.1, 0.15) is 10.4 Å². The molecule has 0 aliphatic heterocycles. The minimum atomic E-state index is -0.965. The number of carboxylic acids is 1. The highest BCUT2D eigenvalue weighted by atomic mass is 16.4. The first-order valence-corrected chi connectivity index (χ1v) is 6.67. The first-order valence-electron chi connectivity index (χ1n) is 6.67. The summed E-state index contributed by atoms with van der Waals surface area (Å²) in [5.41, 5.74) is 8.17. The maximum atomic E-state index is 10.8. The summed E-state index contributed by atoms with van der Waals surface area (Å²) >= 11 is 0. The van der Waals surface area contributed by atoms with Gasteiger partial charge in [-0.3, -0.25) is 0 Å². The van der Waals surface area contributed by atoms with Crippen molar-refractivity contribution in [1.82, 2.24) is 0 Å². The molecule has 5 heteroatoms. The average Bonchev–Trinajstić information content (AvgIpc) is 2.55. The Morgan fingerprint density at radius 3 is 2.23 bits per heavy atom. The Kier molecular flexibility index (Phi) is 3.53. The van der Waals surface area contributed by atoms with Crippen LogP contribution in [0.2, 0.25) is 0 Å². The molecule has 0 saturated carbocycles. The Bertz CT molecular complexity index is 871. The number of carbonyl (C=O) groups is 1. The van der Waals surface area contributed by atoms with Crippen molar-refractivity contribution < 1.29 is 9.90 Å². The normalized spacial score (nSPS) is 11.1. The van der Waals surface area contributed by atoms with Crippen molar-refractivity contribution in [3.63, 3.8) is 0 Å². The van der Waals surface area contributed by atoms with E-state index in [1.165, 1.54) is 12.1 Å². The van der Waals surface area contributed by atoms with Crippen molar-refractivity contribution in [3.05, 3.63) is 66.2 Å². The third-order valence-electron chi connectivity index (χ3n) is 3.32. The zero-order chi connectivity index (χ0) is 15.5. The summed E-state index contributed by atoms with van der Waals surface area (Å²) in [6.45, 7) is 0. The van der Waals surface area contributed by atoms with Crippen molar-refractivity contribution in [2.45, 2.75) is 0 Å². The molecule has 3 aromatic carbocycles. The Balaban J connectivity index is 1.96. The fourth-order valence-electron chi connectivity index (χ4n) is 2.18. The molecule has 3 rings (SSSR count). The SMILES string of the molecule is Nc1ccc(N=Nc2ccc(C(=O)O)cc2)c2ccccc12. The first-order chi connectivity index (χ1) is 10.6. The van der Waals surface area contributed by atoms with Crippen LogP contribution >= 0.6 is 0 Å². The third kappa shape index (κ3) is 2.64. The molecule has 0 atom stereocenters. The molecule has 108 valence electrons. The second-order valence-corrected chi connectivity index (χ2v) is 4.77. The van der Waals surface area contributed by atoms with E-state index in [-0.39, 0.29) is 5.56 Å². The zero-order valence-corrected chi connectivity index (χ0v) is 11.6. The number of rotatable bonds is 3. The molecule has 0 saturated heterocycles. The number of hydrogen-bond acceptors (Lipinski definition) is 4. The van der Waals surface area contributed by atoms with Crippen molar-refractivity contribution >= 4 is 33.8 Å². The predicted molar refractivity (Wildman–Crippen MR) is 85.9 cm³/mol. The molecule has 0 heterocycles. The lowest BCUT2D eigenvalue weighted by Gasteiger charge is -2.04. The standard InChI is InChI=1S/C17H13N3O2/c18-15-9-10-16(14-4-2-1-3-13(14)15)20-19-12-7-5-11(6-8-12)17(21)22/h1-10H,18H2,(H,21,22). The van der Waals surface area contributed by atoms with Gasteiger partial charge in [0.25, 0.3) is 0 Å². The van der Waals surface area contributed by atoms with E-state index in [1.807, 2.05) is 30.3 Å². The summed E-state index contributed by atoms with van der Waals surface area (Å²) in [7, 11) is 0. The lowest BCUT2D eigenvalue weighted by Crippen LogP contribution is -1.93. The highest BCUT2D eigenvalue weighted by Crippen LogP contribution is 2.31. The molecule has 0 fully saturated rings. The zero-order valence-electron chi connectivity index (χ0n) is 11.6. The molecule has 0 bridgehead atoms. The molecule has 0 aliphatic carbocycles. The van der Waals surface area contributed by atoms with Crippen LogP contribution in [0.4, 0.5) is 17.1 Å². The first kappa shape index (κ1) is 13.8. The number of benzene rings is 3. The molecule has 0 spiro atoms. The van der Waals surface area contributed by atoms with Crippen LogP contribution in [-0.2, 0) is 0 Å². The van der Waals surface area contributed by atoms with Gasteiger partial charge in [-0.15, -0.1) is 5.11 Å². The molecule has 0 aromatic heterocycles.